The van der Waals surface area contributed by atoms with Crippen molar-refractivity contribution in [2.24, 2.45) is 0 Å². The predicted octanol–water partition coefficient (Wildman–Crippen LogP) is 1.93. The summed E-state index contributed by atoms with van der Waals surface area (Å²) in [5.41, 5.74) is 1.77. The number of rotatable bonds is 4. The highest BCUT2D eigenvalue weighted by atomic mass is 16.5. The number of aliphatic hydroxyl groups excluding tert-OH is 1. The number of benzene rings is 1. The van der Waals surface area contributed by atoms with Crippen molar-refractivity contribution in [2.45, 2.75) is 58.1 Å². The fourth-order valence-corrected chi connectivity index (χ4v) is 2.82. The first-order valence-electron chi connectivity index (χ1n) is 7.46. The van der Waals surface area contributed by atoms with E-state index in [1.54, 1.807) is 0 Å². The molecule has 2 unspecified atom stereocenters. The number of urea groups is 1. The highest BCUT2D eigenvalue weighted by Gasteiger charge is 2.25. The van der Waals surface area contributed by atoms with Crippen LogP contribution in [0.3, 0.4) is 0 Å². The third-order valence-electron chi connectivity index (χ3n) is 3.76. The van der Waals surface area contributed by atoms with Crippen LogP contribution in [0.2, 0.25) is 0 Å². The van der Waals surface area contributed by atoms with Crippen molar-refractivity contribution >= 4 is 6.03 Å². The fourth-order valence-electron chi connectivity index (χ4n) is 2.82. The molecule has 0 bridgehead atoms. The molecule has 2 atom stereocenters. The predicted molar refractivity (Wildman–Crippen MR) is 80.8 cm³/mol. The summed E-state index contributed by atoms with van der Waals surface area (Å²) in [6.07, 6.45) is 2.03. The van der Waals surface area contributed by atoms with Crippen molar-refractivity contribution in [2.75, 3.05) is 0 Å². The molecule has 116 valence electrons. The van der Waals surface area contributed by atoms with Crippen LogP contribution >= 0.6 is 0 Å². The first-order chi connectivity index (χ1) is 10.1. The van der Waals surface area contributed by atoms with Crippen LogP contribution in [-0.2, 0) is 17.9 Å². The quantitative estimate of drug-likeness (QED) is 0.794. The average molecular weight is 292 g/mol. The standard InChI is InChI=1S/C16H24N2O3/c1-11-7-15(8-12(2)21-11)18-16(20)17-9-13-5-3-4-6-14(13)10-19/h3-6,11-12,15,19H,7-10H2,1-2H3,(H2,17,18,20). The lowest BCUT2D eigenvalue weighted by molar-refractivity contribution is -0.0402. The summed E-state index contributed by atoms with van der Waals surface area (Å²) in [6, 6.07) is 7.52. The van der Waals surface area contributed by atoms with Gasteiger partial charge in [0.15, 0.2) is 0 Å². The van der Waals surface area contributed by atoms with E-state index in [-0.39, 0.29) is 30.9 Å². The molecule has 1 fully saturated rings. The van der Waals surface area contributed by atoms with Crippen molar-refractivity contribution in [3.63, 3.8) is 0 Å². The molecule has 21 heavy (non-hydrogen) atoms. The zero-order chi connectivity index (χ0) is 15.2. The van der Waals surface area contributed by atoms with Gasteiger partial charge >= 0.3 is 6.03 Å². The van der Waals surface area contributed by atoms with Crippen LogP contribution in [0, 0.1) is 0 Å². The fraction of sp³-hybridized carbons (Fsp3) is 0.562. The Balaban J connectivity index is 1.82. The van der Waals surface area contributed by atoms with Gasteiger partial charge in [0.25, 0.3) is 0 Å². The zero-order valence-corrected chi connectivity index (χ0v) is 12.6. The molecule has 5 heteroatoms. The van der Waals surface area contributed by atoms with Crippen molar-refractivity contribution < 1.29 is 14.6 Å². The number of hydrogen-bond acceptors (Lipinski definition) is 3. The molecule has 1 aliphatic rings. The van der Waals surface area contributed by atoms with Crippen molar-refractivity contribution in [1.82, 2.24) is 10.6 Å². The van der Waals surface area contributed by atoms with Gasteiger partial charge in [0.1, 0.15) is 0 Å². The number of carbonyl (C=O) groups excluding carboxylic acids is 1. The maximum atomic E-state index is 12.0. The van der Waals surface area contributed by atoms with E-state index in [0.717, 1.165) is 24.0 Å². The Morgan fingerprint density at radius 3 is 2.48 bits per heavy atom. The molecular weight excluding hydrogens is 268 g/mol. The Morgan fingerprint density at radius 2 is 1.86 bits per heavy atom. The van der Waals surface area contributed by atoms with Crippen LogP contribution in [0.15, 0.2) is 24.3 Å². The lowest BCUT2D eigenvalue weighted by Crippen LogP contribution is -2.47. The third-order valence-corrected chi connectivity index (χ3v) is 3.76. The maximum absolute atomic E-state index is 12.0. The Kier molecular flexibility index (Phi) is 5.59. The van der Waals surface area contributed by atoms with Crippen LogP contribution in [0.1, 0.15) is 37.8 Å². The maximum Gasteiger partial charge on any atom is 0.315 e. The summed E-state index contributed by atoms with van der Waals surface area (Å²) >= 11 is 0. The topological polar surface area (TPSA) is 70.6 Å². The van der Waals surface area contributed by atoms with E-state index in [1.165, 1.54) is 0 Å². The van der Waals surface area contributed by atoms with Crippen molar-refractivity contribution in [1.29, 1.82) is 0 Å². The Labute approximate surface area is 125 Å². The monoisotopic (exact) mass is 292 g/mol. The second-order valence-electron chi connectivity index (χ2n) is 5.68. The number of ether oxygens (including phenoxy) is 1. The molecule has 0 saturated carbocycles. The van der Waals surface area contributed by atoms with E-state index in [9.17, 15) is 9.90 Å². The van der Waals surface area contributed by atoms with Crippen LogP contribution < -0.4 is 10.6 Å². The molecule has 0 aromatic heterocycles. The van der Waals surface area contributed by atoms with Crippen LogP contribution in [0.5, 0.6) is 0 Å². The van der Waals surface area contributed by atoms with Gasteiger partial charge in [0, 0.05) is 12.6 Å². The van der Waals surface area contributed by atoms with Gasteiger partial charge in [0.05, 0.1) is 18.8 Å². The number of hydrogen-bond donors (Lipinski definition) is 3. The van der Waals surface area contributed by atoms with E-state index >= 15 is 0 Å². The van der Waals surface area contributed by atoms with Gasteiger partial charge in [-0.3, -0.25) is 0 Å². The average Bonchev–Trinajstić information content (AvgIpc) is 2.44. The number of carbonyl (C=O) groups is 1. The highest BCUT2D eigenvalue weighted by Crippen LogP contribution is 2.18. The minimum Gasteiger partial charge on any atom is -0.392 e. The van der Waals surface area contributed by atoms with E-state index in [0.29, 0.717) is 6.54 Å². The molecule has 5 nitrogen and oxygen atoms in total. The Bertz CT molecular complexity index is 468. The molecule has 1 saturated heterocycles. The molecule has 3 N–H and O–H groups in total. The van der Waals surface area contributed by atoms with Gasteiger partial charge in [-0.15, -0.1) is 0 Å². The summed E-state index contributed by atoms with van der Waals surface area (Å²) in [5, 5.41) is 15.1. The second-order valence-corrected chi connectivity index (χ2v) is 5.68. The number of amides is 2. The lowest BCUT2D eigenvalue weighted by Gasteiger charge is -2.32. The van der Waals surface area contributed by atoms with Crippen LogP contribution in [-0.4, -0.2) is 29.4 Å². The second kappa shape index (κ2) is 7.43. The van der Waals surface area contributed by atoms with Crippen LogP contribution in [0.25, 0.3) is 0 Å². The molecule has 1 heterocycles. The Morgan fingerprint density at radius 1 is 1.24 bits per heavy atom. The summed E-state index contributed by atoms with van der Waals surface area (Å²) < 4.78 is 5.66. The largest absolute Gasteiger partial charge is 0.392 e. The smallest absolute Gasteiger partial charge is 0.315 e. The minimum atomic E-state index is -0.172. The molecular formula is C16H24N2O3. The molecule has 1 aromatic rings. The highest BCUT2D eigenvalue weighted by molar-refractivity contribution is 5.74. The van der Waals surface area contributed by atoms with Gasteiger partial charge < -0.3 is 20.5 Å². The minimum absolute atomic E-state index is 0.0194. The van der Waals surface area contributed by atoms with Crippen molar-refractivity contribution in [3.8, 4) is 0 Å². The molecule has 0 radical (unpaired) electrons. The molecule has 0 aliphatic carbocycles. The first kappa shape index (κ1) is 15.8. The SMILES string of the molecule is CC1CC(NC(=O)NCc2ccccc2CO)CC(C)O1. The van der Waals surface area contributed by atoms with E-state index in [2.05, 4.69) is 10.6 Å². The molecule has 2 rings (SSSR count). The molecule has 1 aromatic carbocycles. The van der Waals surface area contributed by atoms with Crippen LogP contribution in [0.4, 0.5) is 4.79 Å². The van der Waals surface area contributed by atoms with Gasteiger partial charge in [-0.1, -0.05) is 24.3 Å². The molecule has 2 amide bonds. The Hall–Kier alpha value is -1.59. The van der Waals surface area contributed by atoms with E-state index in [4.69, 9.17) is 4.74 Å². The van der Waals surface area contributed by atoms with Gasteiger partial charge in [-0.05, 0) is 37.8 Å². The first-order valence-corrected chi connectivity index (χ1v) is 7.46. The zero-order valence-electron chi connectivity index (χ0n) is 12.6. The third kappa shape index (κ3) is 4.72. The number of nitrogens with one attached hydrogen (secondary N) is 2. The summed E-state index contributed by atoms with van der Waals surface area (Å²) in [5.74, 6) is 0. The molecule has 1 aliphatic heterocycles. The van der Waals surface area contributed by atoms with Crippen molar-refractivity contribution in [3.05, 3.63) is 35.4 Å². The summed E-state index contributed by atoms with van der Waals surface area (Å²) in [6.45, 7) is 4.45. The number of aliphatic hydroxyl groups is 1. The van der Waals surface area contributed by atoms with Gasteiger partial charge in [-0.2, -0.15) is 0 Å². The summed E-state index contributed by atoms with van der Waals surface area (Å²) in [4.78, 5) is 12.0. The summed E-state index contributed by atoms with van der Waals surface area (Å²) in [7, 11) is 0. The van der Waals surface area contributed by atoms with E-state index < -0.39 is 0 Å². The van der Waals surface area contributed by atoms with E-state index in [1.807, 2.05) is 38.1 Å². The lowest BCUT2D eigenvalue weighted by atomic mass is 10.0. The van der Waals surface area contributed by atoms with Gasteiger partial charge in [0.2, 0.25) is 0 Å². The normalized spacial score (nSPS) is 25.4. The molecule has 0 spiro atoms. The van der Waals surface area contributed by atoms with Gasteiger partial charge in [-0.25, -0.2) is 4.79 Å².